The van der Waals surface area contributed by atoms with Crippen LogP contribution >= 0.6 is 0 Å². The van der Waals surface area contributed by atoms with Gasteiger partial charge in [0.2, 0.25) is 0 Å². The van der Waals surface area contributed by atoms with Gasteiger partial charge >= 0.3 is 11.9 Å². The third kappa shape index (κ3) is 7.23. The van der Waals surface area contributed by atoms with Crippen molar-refractivity contribution < 1.29 is 28.5 Å². The summed E-state index contributed by atoms with van der Waals surface area (Å²) in [6.45, 7) is 0.110. The number of hydrogen-bond acceptors (Lipinski definition) is 6. The van der Waals surface area contributed by atoms with Gasteiger partial charge in [0.1, 0.15) is 18.1 Å². The van der Waals surface area contributed by atoms with Crippen molar-refractivity contribution in [3.63, 3.8) is 0 Å². The van der Waals surface area contributed by atoms with Crippen molar-refractivity contribution in [1.29, 1.82) is 0 Å². The molecule has 0 aliphatic carbocycles. The minimum Gasteiger partial charge on any atom is -0.489 e. The maximum atomic E-state index is 11.5. The summed E-state index contributed by atoms with van der Waals surface area (Å²) < 4.78 is 20.4. The number of carbonyl (C=O) groups is 2. The van der Waals surface area contributed by atoms with Crippen molar-refractivity contribution in [3.8, 4) is 11.5 Å². The number of esters is 2. The number of ether oxygens (including phenoxy) is 4. The molecule has 0 fully saturated rings. The molecule has 0 unspecified atom stereocenters. The van der Waals surface area contributed by atoms with Gasteiger partial charge in [0.05, 0.1) is 20.6 Å². The first-order valence-electron chi connectivity index (χ1n) is 8.35. The molecule has 0 radical (unpaired) electrons. The largest absolute Gasteiger partial charge is 0.489 e. The zero-order chi connectivity index (χ0) is 19.5. The molecular formula is C21H22O6. The summed E-state index contributed by atoms with van der Waals surface area (Å²) >= 11 is 0. The van der Waals surface area contributed by atoms with Crippen LogP contribution in [0.1, 0.15) is 11.1 Å². The van der Waals surface area contributed by atoms with Crippen LogP contribution in [0.25, 0.3) is 6.08 Å². The fraction of sp³-hybridized carbons (Fsp3) is 0.238. The Hall–Kier alpha value is -3.28. The standard InChI is InChI=1S/C21H22O6/c1-24-20(22)13-17-11-18(14-19(12-17)27-15-21(23)25-2)26-10-6-9-16-7-4-3-5-8-16/h3-9,11-12,14H,10,13,15H2,1-2H3/b9-6+. The second kappa shape index (κ2) is 10.7. The van der Waals surface area contributed by atoms with E-state index in [2.05, 4.69) is 4.74 Å². The highest BCUT2D eigenvalue weighted by Crippen LogP contribution is 2.24. The third-order valence-electron chi connectivity index (χ3n) is 3.56. The minimum atomic E-state index is -0.498. The Morgan fingerprint density at radius 2 is 1.56 bits per heavy atom. The van der Waals surface area contributed by atoms with E-state index in [-0.39, 0.29) is 19.0 Å². The normalized spacial score (nSPS) is 10.4. The highest BCUT2D eigenvalue weighted by atomic mass is 16.6. The van der Waals surface area contributed by atoms with Crippen molar-refractivity contribution in [2.24, 2.45) is 0 Å². The summed E-state index contributed by atoms with van der Waals surface area (Å²) in [4.78, 5) is 22.8. The van der Waals surface area contributed by atoms with Gasteiger partial charge in [-0.1, -0.05) is 36.4 Å². The lowest BCUT2D eigenvalue weighted by atomic mass is 10.1. The van der Waals surface area contributed by atoms with Crippen LogP contribution in [0.4, 0.5) is 0 Å². The molecule has 0 spiro atoms. The molecule has 142 valence electrons. The smallest absolute Gasteiger partial charge is 0.343 e. The number of methoxy groups -OCH3 is 2. The lowest BCUT2D eigenvalue weighted by Crippen LogP contribution is -2.13. The van der Waals surface area contributed by atoms with Crippen molar-refractivity contribution in [2.75, 3.05) is 27.4 Å². The van der Waals surface area contributed by atoms with Crippen LogP contribution in [0.3, 0.4) is 0 Å². The second-order valence-electron chi connectivity index (χ2n) is 5.55. The molecule has 0 N–H and O–H groups in total. The number of rotatable bonds is 9. The molecule has 0 saturated carbocycles. The van der Waals surface area contributed by atoms with Crippen molar-refractivity contribution in [2.45, 2.75) is 6.42 Å². The van der Waals surface area contributed by atoms with Crippen LogP contribution in [-0.4, -0.2) is 39.4 Å². The Kier molecular flexibility index (Phi) is 7.91. The maximum Gasteiger partial charge on any atom is 0.343 e. The SMILES string of the molecule is COC(=O)COc1cc(CC(=O)OC)cc(OC/C=C/c2ccccc2)c1. The molecule has 0 heterocycles. The Morgan fingerprint density at radius 1 is 0.889 bits per heavy atom. The van der Waals surface area contributed by atoms with E-state index >= 15 is 0 Å². The van der Waals surface area contributed by atoms with E-state index in [1.54, 1.807) is 18.2 Å². The molecule has 2 rings (SSSR count). The van der Waals surface area contributed by atoms with Gasteiger partial charge in [0, 0.05) is 6.07 Å². The van der Waals surface area contributed by atoms with Crippen LogP contribution in [0.5, 0.6) is 11.5 Å². The van der Waals surface area contributed by atoms with E-state index in [0.29, 0.717) is 23.7 Å². The molecule has 0 aliphatic heterocycles. The molecule has 2 aromatic carbocycles. The highest BCUT2D eigenvalue weighted by molar-refractivity contribution is 5.73. The molecule has 0 bridgehead atoms. The Balaban J connectivity index is 2.05. The predicted octanol–water partition coefficient (Wildman–Crippen LogP) is 3.05. The third-order valence-corrected chi connectivity index (χ3v) is 3.56. The van der Waals surface area contributed by atoms with E-state index in [1.807, 2.05) is 42.5 Å². The molecular weight excluding hydrogens is 348 g/mol. The molecule has 0 aromatic heterocycles. The maximum absolute atomic E-state index is 11.5. The summed E-state index contributed by atoms with van der Waals surface area (Å²) in [5.74, 6) is 0.0505. The molecule has 0 saturated heterocycles. The molecule has 0 amide bonds. The molecule has 0 atom stereocenters. The quantitative estimate of drug-likeness (QED) is 0.632. The first kappa shape index (κ1) is 20.0. The zero-order valence-corrected chi connectivity index (χ0v) is 15.3. The number of carbonyl (C=O) groups excluding carboxylic acids is 2. The summed E-state index contributed by atoms with van der Waals surface area (Å²) in [5, 5.41) is 0. The van der Waals surface area contributed by atoms with Gasteiger partial charge in [-0.15, -0.1) is 0 Å². The summed E-state index contributed by atoms with van der Waals surface area (Å²) in [6, 6.07) is 14.9. The van der Waals surface area contributed by atoms with Crippen LogP contribution in [0.2, 0.25) is 0 Å². The molecule has 6 heteroatoms. The van der Waals surface area contributed by atoms with E-state index in [1.165, 1.54) is 14.2 Å². The fourth-order valence-corrected chi connectivity index (χ4v) is 2.23. The van der Waals surface area contributed by atoms with Gasteiger partial charge in [-0.2, -0.15) is 0 Å². The average molecular weight is 370 g/mol. The Labute approximate surface area is 158 Å². The van der Waals surface area contributed by atoms with Gasteiger partial charge in [0.15, 0.2) is 6.61 Å². The average Bonchev–Trinajstić information content (AvgIpc) is 2.70. The molecule has 27 heavy (non-hydrogen) atoms. The number of benzene rings is 2. The summed E-state index contributed by atoms with van der Waals surface area (Å²) in [6.07, 6.45) is 3.91. The van der Waals surface area contributed by atoms with E-state index in [9.17, 15) is 9.59 Å². The highest BCUT2D eigenvalue weighted by Gasteiger charge is 2.09. The first-order chi connectivity index (χ1) is 13.1. The first-order valence-corrected chi connectivity index (χ1v) is 8.35. The van der Waals surface area contributed by atoms with E-state index in [0.717, 1.165) is 5.56 Å². The lowest BCUT2D eigenvalue weighted by molar-refractivity contribution is -0.143. The van der Waals surface area contributed by atoms with Gasteiger partial charge in [-0.25, -0.2) is 4.79 Å². The number of hydrogen-bond donors (Lipinski definition) is 0. The summed E-state index contributed by atoms with van der Waals surface area (Å²) in [7, 11) is 2.61. The van der Waals surface area contributed by atoms with Crippen LogP contribution in [0, 0.1) is 0 Å². The predicted molar refractivity (Wildman–Crippen MR) is 101 cm³/mol. The van der Waals surface area contributed by atoms with Crippen LogP contribution in [0.15, 0.2) is 54.6 Å². The van der Waals surface area contributed by atoms with Gasteiger partial charge in [-0.05, 0) is 29.3 Å². The monoisotopic (exact) mass is 370 g/mol. The lowest BCUT2D eigenvalue weighted by Gasteiger charge is -2.11. The molecule has 0 aliphatic rings. The van der Waals surface area contributed by atoms with Crippen LogP contribution in [-0.2, 0) is 25.5 Å². The Bertz CT molecular complexity index is 783. The second-order valence-corrected chi connectivity index (χ2v) is 5.55. The summed E-state index contributed by atoms with van der Waals surface area (Å²) in [5.41, 5.74) is 1.73. The van der Waals surface area contributed by atoms with E-state index < -0.39 is 5.97 Å². The van der Waals surface area contributed by atoms with Crippen molar-refractivity contribution in [1.82, 2.24) is 0 Å². The molecule has 2 aromatic rings. The fourth-order valence-electron chi connectivity index (χ4n) is 2.23. The topological polar surface area (TPSA) is 71.1 Å². The zero-order valence-electron chi connectivity index (χ0n) is 15.3. The Morgan fingerprint density at radius 3 is 2.22 bits per heavy atom. The van der Waals surface area contributed by atoms with Gasteiger partial charge in [-0.3, -0.25) is 4.79 Å². The van der Waals surface area contributed by atoms with Gasteiger partial charge < -0.3 is 18.9 Å². The van der Waals surface area contributed by atoms with Crippen molar-refractivity contribution in [3.05, 3.63) is 65.7 Å². The van der Waals surface area contributed by atoms with E-state index in [4.69, 9.17) is 14.2 Å². The van der Waals surface area contributed by atoms with Crippen molar-refractivity contribution >= 4 is 18.0 Å². The minimum absolute atomic E-state index is 0.0716. The van der Waals surface area contributed by atoms with Crippen LogP contribution < -0.4 is 9.47 Å². The van der Waals surface area contributed by atoms with Gasteiger partial charge in [0.25, 0.3) is 0 Å². The molecule has 6 nitrogen and oxygen atoms in total.